The Morgan fingerprint density at radius 3 is 2.67 bits per heavy atom. The average molecular weight is 299 g/mol. The Kier molecular flexibility index (Phi) is 5.45. The molecule has 2 nitrogen and oxygen atoms in total. The van der Waals surface area contributed by atoms with Crippen LogP contribution in [-0.4, -0.2) is 11.7 Å². The second kappa shape index (κ2) is 7.32. The topological polar surface area (TPSA) is 29.1 Å². The van der Waals surface area contributed by atoms with Gasteiger partial charge in [0.05, 0.1) is 5.75 Å². The lowest BCUT2D eigenvalue weighted by Crippen LogP contribution is -2.15. The lowest BCUT2D eigenvalue weighted by atomic mass is 10.1. The van der Waals surface area contributed by atoms with Crippen LogP contribution in [0.3, 0.4) is 0 Å². The van der Waals surface area contributed by atoms with Gasteiger partial charge in [0.2, 0.25) is 5.91 Å². The minimum Gasteiger partial charge on any atom is -0.325 e. The smallest absolute Gasteiger partial charge is 0.234 e. The summed E-state index contributed by atoms with van der Waals surface area (Å²) in [5.41, 5.74) is 4.53. The van der Waals surface area contributed by atoms with E-state index in [0.29, 0.717) is 5.75 Å². The molecule has 0 bridgehead atoms. The minimum atomic E-state index is 0.0433. The number of hydrogen-bond donors (Lipinski definition) is 1. The predicted molar refractivity (Wildman–Crippen MR) is 91.1 cm³/mol. The maximum atomic E-state index is 12.1. The van der Waals surface area contributed by atoms with Crippen LogP contribution in [0, 0.1) is 13.8 Å². The van der Waals surface area contributed by atoms with Gasteiger partial charge in [0.25, 0.3) is 0 Å². The zero-order valence-corrected chi connectivity index (χ0v) is 13.6. The summed E-state index contributed by atoms with van der Waals surface area (Å²) >= 11 is 1.59. The van der Waals surface area contributed by atoms with E-state index >= 15 is 0 Å². The highest BCUT2D eigenvalue weighted by Crippen LogP contribution is 2.24. The summed E-state index contributed by atoms with van der Waals surface area (Å²) in [5.74, 6) is 0.476. The van der Waals surface area contributed by atoms with Crippen LogP contribution in [0.25, 0.3) is 0 Å². The van der Waals surface area contributed by atoms with Crippen LogP contribution in [0.1, 0.15) is 23.6 Å². The number of benzene rings is 2. The minimum absolute atomic E-state index is 0.0433. The molecule has 110 valence electrons. The molecule has 0 fully saturated rings. The van der Waals surface area contributed by atoms with Crippen molar-refractivity contribution in [1.82, 2.24) is 0 Å². The van der Waals surface area contributed by atoms with Gasteiger partial charge in [-0.3, -0.25) is 4.79 Å². The summed E-state index contributed by atoms with van der Waals surface area (Å²) in [7, 11) is 0. The monoisotopic (exact) mass is 299 g/mol. The molecule has 0 saturated carbocycles. The Bertz CT molecular complexity index is 637. The van der Waals surface area contributed by atoms with Crippen molar-refractivity contribution in [3.63, 3.8) is 0 Å². The summed E-state index contributed by atoms with van der Waals surface area (Å²) in [6.45, 7) is 6.24. The molecule has 1 N–H and O–H groups in total. The number of nitrogens with one attached hydrogen (secondary N) is 1. The van der Waals surface area contributed by atoms with Crippen molar-refractivity contribution < 1.29 is 4.79 Å². The van der Waals surface area contributed by atoms with Crippen LogP contribution < -0.4 is 5.32 Å². The molecule has 0 aromatic heterocycles. The van der Waals surface area contributed by atoms with Crippen LogP contribution in [-0.2, 0) is 11.2 Å². The Morgan fingerprint density at radius 2 is 1.90 bits per heavy atom. The van der Waals surface area contributed by atoms with Gasteiger partial charge < -0.3 is 5.32 Å². The quantitative estimate of drug-likeness (QED) is 0.818. The van der Waals surface area contributed by atoms with Gasteiger partial charge in [0.15, 0.2) is 0 Å². The third-order valence-electron chi connectivity index (χ3n) is 3.37. The molecule has 21 heavy (non-hydrogen) atoms. The molecule has 2 aromatic rings. The largest absolute Gasteiger partial charge is 0.325 e. The first-order valence-corrected chi connectivity index (χ1v) is 8.16. The molecule has 0 spiro atoms. The Labute approximate surface area is 131 Å². The Hall–Kier alpha value is -1.74. The zero-order chi connectivity index (χ0) is 15.2. The number of carbonyl (C=O) groups excluding carboxylic acids is 1. The van der Waals surface area contributed by atoms with E-state index in [-0.39, 0.29) is 5.91 Å². The number of para-hydroxylation sites is 1. The molecule has 0 aliphatic rings. The van der Waals surface area contributed by atoms with Crippen LogP contribution in [0.15, 0.2) is 47.4 Å². The maximum Gasteiger partial charge on any atom is 0.234 e. The van der Waals surface area contributed by atoms with Gasteiger partial charge in [0.1, 0.15) is 0 Å². The molecular formula is C18H21NOS. The van der Waals surface area contributed by atoms with E-state index in [0.717, 1.165) is 12.1 Å². The van der Waals surface area contributed by atoms with Crippen molar-refractivity contribution in [3.05, 3.63) is 59.2 Å². The van der Waals surface area contributed by atoms with Crippen molar-refractivity contribution in [3.8, 4) is 0 Å². The highest BCUT2D eigenvalue weighted by atomic mass is 32.2. The van der Waals surface area contributed by atoms with E-state index in [9.17, 15) is 4.79 Å². The van der Waals surface area contributed by atoms with Crippen molar-refractivity contribution in [2.45, 2.75) is 32.1 Å². The molecule has 1 amide bonds. The third-order valence-corrected chi connectivity index (χ3v) is 4.53. The fourth-order valence-corrected chi connectivity index (χ4v) is 3.07. The van der Waals surface area contributed by atoms with E-state index < -0.39 is 0 Å². The SMILES string of the molecule is CCc1ccccc1NC(=O)CSc1cc(C)ccc1C. The van der Waals surface area contributed by atoms with Crippen molar-refractivity contribution in [2.24, 2.45) is 0 Å². The van der Waals surface area contributed by atoms with Gasteiger partial charge in [-0.2, -0.15) is 0 Å². The Balaban J connectivity index is 1.97. The van der Waals surface area contributed by atoms with Crippen LogP contribution in [0.4, 0.5) is 5.69 Å². The second-order valence-electron chi connectivity index (χ2n) is 5.12. The molecule has 3 heteroatoms. The first kappa shape index (κ1) is 15.6. The Morgan fingerprint density at radius 1 is 1.14 bits per heavy atom. The standard InChI is InChI=1S/C18H21NOS/c1-4-15-7-5-6-8-16(15)19-18(20)12-21-17-11-13(2)9-10-14(17)3/h5-11H,4,12H2,1-3H3,(H,19,20). The van der Waals surface area contributed by atoms with E-state index in [2.05, 4.69) is 44.3 Å². The summed E-state index contributed by atoms with van der Waals surface area (Å²) in [6.07, 6.45) is 0.917. The number of hydrogen-bond acceptors (Lipinski definition) is 2. The molecular weight excluding hydrogens is 278 g/mol. The molecule has 0 aliphatic heterocycles. The zero-order valence-electron chi connectivity index (χ0n) is 12.8. The number of carbonyl (C=O) groups is 1. The summed E-state index contributed by atoms with van der Waals surface area (Å²) in [4.78, 5) is 13.3. The molecule has 0 atom stereocenters. The fraction of sp³-hybridized carbons (Fsp3) is 0.278. The van der Waals surface area contributed by atoms with E-state index in [1.54, 1.807) is 11.8 Å². The molecule has 0 unspecified atom stereocenters. The number of anilines is 1. The maximum absolute atomic E-state index is 12.1. The van der Waals surface area contributed by atoms with Gasteiger partial charge in [-0.25, -0.2) is 0 Å². The highest BCUT2D eigenvalue weighted by molar-refractivity contribution is 8.00. The van der Waals surface area contributed by atoms with Crippen LogP contribution in [0.2, 0.25) is 0 Å². The van der Waals surface area contributed by atoms with Crippen molar-refractivity contribution in [2.75, 3.05) is 11.1 Å². The normalized spacial score (nSPS) is 10.4. The van der Waals surface area contributed by atoms with E-state index in [1.807, 2.05) is 24.3 Å². The molecule has 0 aliphatic carbocycles. The number of aryl methyl sites for hydroxylation is 3. The van der Waals surface area contributed by atoms with Gasteiger partial charge in [0, 0.05) is 10.6 Å². The first-order valence-electron chi connectivity index (χ1n) is 7.18. The van der Waals surface area contributed by atoms with Gasteiger partial charge >= 0.3 is 0 Å². The highest BCUT2D eigenvalue weighted by Gasteiger charge is 2.07. The predicted octanol–water partition coefficient (Wildman–Crippen LogP) is 4.60. The number of thioether (sulfide) groups is 1. The van der Waals surface area contributed by atoms with Gasteiger partial charge in [-0.05, 0) is 43.5 Å². The fourth-order valence-electron chi connectivity index (χ4n) is 2.14. The van der Waals surface area contributed by atoms with Gasteiger partial charge in [-0.15, -0.1) is 11.8 Å². The summed E-state index contributed by atoms with van der Waals surface area (Å²) < 4.78 is 0. The third kappa shape index (κ3) is 4.36. The first-order chi connectivity index (χ1) is 10.1. The lowest BCUT2D eigenvalue weighted by Gasteiger charge is -2.10. The number of amides is 1. The summed E-state index contributed by atoms with van der Waals surface area (Å²) in [5, 5.41) is 3.01. The van der Waals surface area contributed by atoms with Crippen LogP contribution in [0.5, 0.6) is 0 Å². The van der Waals surface area contributed by atoms with Gasteiger partial charge in [-0.1, -0.05) is 42.8 Å². The van der Waals surface area contributed by atoms with E-state index in [1.165, 1.54) is 21.6 Å². The van der Waals surface area contributed by atoms with Crippen LogP contribution >= 0.6 is 11.8 Å². The second-order valence-corrected chi connectivity index (χ2v) is 6.13. The molecule has 0 saturated heterocycles. The molecule has 2 rings (SSSR count). The van der Waals surface area contributed by atoms with Crippen molar-refractivity contribution >= 4 is 23.4 Å². The molecule has 2 aromatic carbocycles. The van der Waals surface area contributed by atoms with Crippen molar-refractivity contribution in [1.29, 1.82) is 0 Å². The molecule has 0 radical (unpaired) electrons. The van der Waals surface area contributed by atoms with E-state index in [4.69, 9.17) is 0 Å². The lowest BCUT2D eigenvalue weighted by molar-refractivity contribution is -0.113. The molecule has 0 heterocycles. The number of rotatable bonds is 5. The average Bonchev–Trinajstić information content (AvgIpc) is 2.49. The summed E-state index contributed by atoms with van der Waals surface area (Å²) in [6, 6.07) is 14.3.